The predicted molar refractivity (Wildman–Crippen MR) is 95.9 cm³/mol. The fourth-order valence-electron chi connectivity index (χ4n) is 3.18. The third kappa shape index (κ3) is 6.14. The monoisotopic (exact) mass is 307 g/mol. The minimum Gasteiger partial charge on any atom is -0.375 e. The second-order valence-corrected chi connectivity index (χ2v) is 7.80. The first-order valence-corrected chi connectivity index (χ1v) is 9.39. The van der Waals surface area contributed by atoms with E-state index < -0.39 is 0 Å². The molecule has 1 aliphatic rings. The van der Waals surface area contributed by atoms with Crippen molar-refractivity contribution in [2.75, 3.05) is 6.54 Å². The number of unbranched alkanes of at least 4 members (excludes halogenated alkanes) is 6. The number of hydrogen-bond donors (Lipinski definition) is 0. The van der Waals surface area contributed by atoms with Gasteiger partial charge in [-0.05, 0) is 32.1 Å². The Labute approximate surface area is 138 Å². The van der Waals surface area contributed by atoms with Gasteiger partial charge in [-0.15, -0.1) is 0 Å². The first kappa shape index (κ1) is 19.3. The molecule has 1 rings (SSSR count). The van der Waals surface area contributed by atoms with Crippen LogP contribution in [0, 0.1) is 5.41 Å². The van der Waals surface area contributed by atoms with E-state index in [2.05, 4.69) is 45.7 Å². The Morgan fingerprint density at radius 3 is 2.32 bits per heavy atom. The standard InChI is InChI=1S/C20H37NO/c1-6-7-8-9-10-11-12-13-19(22)18-16-21(17(2)3)15-14-20(18,4)5/h16-17H,6-15H2,1-5H3. The molecule has 0 unspecified atom stereocenters. The zero-order valence-electron chi connectivity index (χ0n) is 15.6. The molecule has 0 aromatic carbocycles. The van der Waals surface area contributed by atoms with E-state index in [9.17, 15) is 4.79 Å². The highest BCUT2D eigenvalue weighted by atomic mass is 16.1. The summed E-state index contributed by atoms with van der Waals surface area (Å²) in [5.74, 6) is 0.379. The van der Waals surface area contributed by atoms with E-state index in [1.54, 1.807) is 0 Å². The van der Waals surface area contributed by atoms with Crippen LogP contribution >= 0.6 is 0 Å². The van der Waals surface area contributed by atoms with E-state index in [1.807, 2.05) is 0 Å². The topological polar surface area (TPSA) is 20.3 Å². The third-order valence-corrected chi connectivity index (χ3v) is 4.99. The number of ketones is 1. The molecule has 0 N–H and O–H groups in total. The highest BCUT2D eigenvalue weighted by Gasteiger charge is 2.32. The van der Waals surface area contributed by atoms with Crippen molar-refractivity contribution in [3.8, 4) is 0 Å². The van der Waals surface area contributed by atoms with Crippen molar-refractivity contribution in [3.05, 3.63) is 11.8 Å². The van der Waals surface area contributed by atoms with Crippen LogP contribution in [0.5, 0.6) is 0 Å². The van der Waals surface area contributed by atoms with E-state index in [1.165, 1.54) is 38.5 Å². The van der Waals surface area contributed by atoms with Crippen LogP contribution in [0.2, 0.25) is 0 Å². The maximum Gasteiger partial charge on any atom is 0.160 e. The molecule has 0 aromatic heterocycles. The number of allylic oxidation sites excluding steroid dienone is 1. The van der Waals surface area contributed by atoms with Gasteiger partial charge in [-0.3, -0.25) is 4.79 Å². The predicted octanol–water partition coefficient (Wildman–Crippen LogP) is 5.72. The quantitative estimate of drug-likeness (QED) is 0.481. The average molecular weight is 308 g/mol. The molecule has 0 radical (unpaired) electrons. The lowest BCUT2D eigenvalue weighted by atomic mass is 9.76. The zero-order valence-corrected chi connectivity index (χ0v) is 15.6. The second-order valence-electron chi connectivity index (χ2n) is 7.80. The van der Waals surface area contributed by atoms with Crippen molar-refractivity contribution in [1.29, 1.82) is 0 Å². The Balaban J connectivity index is 2.42. The van der Waals surface area contributed by atoms with Gasteiger partial charge in [-0.1, -0.05) is 59.3 Å². The Hall–Kier alpha value is -0.790. The van der Waals surface area contributed by atoms with Gasteiger partial charge in [0.2, 0.25) is 0 Å². The summed E-state index contributed by atoms with van der Waals surface area (Å²) >= 11 is 0. The molecule has 0 atom stereocenters. The fraction of sp³-hybridized carbons (Fsp3) is 0.850. The fourth-order valence-corrected chi connectivity index (χ4v) is 3.18. The van der Waals surface area contributed by atoms with E-state index in [-0.39, 0.29) is 5.41 Å². The van der Waals surface area contributed by atoms with Crippen molar-refractivity contribution in [2.45, 2.75) is 98.4 Å². The lowest BCUT2D eigenvalue weighted by Gasteiger charge is -2.39. The van der Waals surface area contributed by atoms with Crippen LogP contribution in [-0.2, 0) is 4.79 Å². The molecule has 0 saturated heterocycles. The average Bonchev–Trinajstić information content (AvgIpc) is 2.45. The number of rotatable bonds is 10. The highest BCUT2D eigenvalue weighted by Crippen LogP contribution is 2.36. The van der Waals surface area contributed by atoms with Crippen LogP contribution in [0.1, 0.15) is 92.4 Å². The Kier molecular flexibility index (Phi) is 8.20. The molecular weight excluding hydrogens is 270 g/mol. The van der Waals surface area contributed by atoms with Crippen LogP contribution < -0.4 is 0 Å². The van der Waals surface area contributed by atoms with Gasteiger partial charge in [-0.25, -0.2) is 0 Å². The third-order valence-electron chi connectivity index (χ3n) is 4.99. The number of carbonyl (C=O) groups excluding carboxylic acids is 1. The minimum absolute atomic E-state index is 0.0452. The highest BCUT2D eigenvalue weighted by molar-refractivity contribution is 5.96. The first-order valence-electron chi connectivity index (χ1n) is 9.39. The Bertz CT molecular complexity index is 368. The summed E-state index contributed by atoms with van der Waals surface area (Å²) in [6.45, 7) is 12.2. The molecule has 0 aliphatic carbocycles. The van der Waals surface area contributed by atoms with Crippen LogP contribution in [-0.4, -0.2) is 23.3 Å². The van der Waals surface area contributed by atoms with Gasteiger partial charge in [0.1, 0.15) is 0 Å². The first-order chi connectivity index (χ1) is 10.4. The summed E-state index contributed by atoms with van der Waals surface area (Å²) in [5.41, 5.74) is 1.10. The summed E-state index contributed by atoms with van der Waals surface area (Å²) < 4.78 is 0. The molecule has 0 fully saturated rings. The van der Waals surface area contributed by atoms with Crippen molar-refractivity contribution >= 4 is 5.78 Å². The number of nitrogens with zero attached hydrogens (tertiary/aromatic N) is 1. The molecule has 128 valence electrons. The van der Waals surface area contributed by atoms with Gasteiger partial charge in [-0.2, -0.15) is 0 Å². The Morgan fingerprint density at radius 2 is 1.73 bits per heavy atom. The maximum atomic E-state index is 12.6. The molecule has 0 aromatic rings. The summed E-state index contributed by atoms with van der Waals surface area (Å²) in [5, 5.41) is 0. The van der Waals surface area contributed by atoms with Crippen molar-refractivity contribution in [3.63, 3.8) is 0 Å². The number of hydrogen-bond acceptors (Lipinski definition) is 2. The van der Waals surface area contributed by atoms with Gasteiger partial charge in [0.25, 0.3) is 0 Å². The number of Topliss-reactive ketones (excluding diaryl/α,β-unsaturated/α-hetero) is 1. The smallest absolute Gasteiger partial charge is 0.160 e. The lowest BCUT2D eigenvalue weighted by molar-refractivity contribution is -0.117. The van der Waals surface area contributed by atoms with Gasteiger partial charge in [0.15, 0.2) is 5.78 Å². The van der Waals surface area contributed by atoms with Crippen molar-refractivity contribution in [2.24, 2.45) is 5.41 Å². The van der Waals surface area contributed by atoms with Gasteiger partial charge in [0, 0.05) is 30.8 Å². The largest absolute Gasteiger partial charge is 0.375 e. The molecule has 2 heteroatoms. The summed E-state index contributed by atoms with van der Waals surface area (Å²) in [7, 11) is 0. The van der Waals surface area contributed by atoms with Crippen LogP contribution in [0.3, 0.4) is 0 Å². The van der Waals surface area contributed by atoms with E-state index in [4.69, 9.17) is 0 Å². The van der Waals surface area contributed by atoms with Gasteiger partial charge in [0.05, 0.1) is 0 Å². The van der Waals surface area contributed by atoms with E-state index >= 15 is 0 Å². The van der Waals surface area contributed by atoms with Crippen LogP contribution in [0.25, 0.3) is 0 Å². The molecule has 0 bridgehead atoms. The van der Waals surface area contributed by atoms with Crippen LogP contribution in [0.15, 0.2) is 11.8 Å². The molecule has 0 spiro atoms. The zero-order chi connectivity index (χ0) is 16.6. The van der Waals surface area contributed by atoms with Gasteiger partial charge >= 0.3 is 0 Å². The molecule has 0 amide bonds. The van der Waals surface area contributed by atoms with Gasteiger partial charge < -0.3 is 4.90 Å². The molecular formula is C20H37NO. The van der Waals surface area contributed by atoms with E-state index in [0.29, 0.717) is 11.8 Å². The number of carbonyl (C=O) groups is 1. The molecule has 1 heterocycles. The summed E-state index contributed by atoms with van der Waals surface area (Å²) in [6, 6.07) is 0.484. The SMILES string of the molecule is CCCCCCCCCC(=O)C1=CN(C(C)C)CCC1(C)C. The lowest BCUT2D eigenvalue weighted by Crippen LogP contribution is -2.38. The Morgan fingerprint density at radius 1 is 1.14 bits per heavy atom. The summed E-state index contributed by atoms with van der Waals surface area (Å²) in [4.78, 5) is 14.9. The van der Waals surface area contributed by atoms with E-state index in [0.717, 1.165) is 31.4 Å². The maximum absolute atomic E-state index is 12.6. The minimum atomic E-state index is 0.0452. The molecule has 2 nitrogen and oxygen atoms in total. The normalized spacial score (nSPS) is 17.7. The van der Waals surface area contributed by atoms with Crippen LogP contribution in [0.4, 0.5) is 0 Å². The molecule has 1 aliphatic heterocycles. The molecule has 0 saturated carbocycles. The molecule has 22 heavy (non-hydrogen) atoms. The summed E-state index contributed by atoms with van der Waals surface area (Å²) in [6.07, 6.45) is 12.8. The van der Waals surface area contributed by atoms with Crippen molar-refractivity contribution < 1.29 is 4.79 Å². The second kappa shape index (κ2) is 9.37. The van der Waals surface area contributed by atoms with Crippen molar-refractivity contribution in [1.82, 2.24) is 4.90 Å².